The maximum Gasteiger partial charge on any atom is 0.269 e. The van der Waals surface area contributed by atoms with Crippen molar-refractivity contribution < 1.29 is 4.92 Å². The highest BCUT2D eigenvalue weighted by Gasteiger charge is 2.13. The van der Waals surface area contributed by atoms with E-state index in [1.807, 2.05) is 6.07 Å². The van der Waals surface area contributed by atoms with Crippen LogP contribution in [0.1, 0.15) is 37.8 Å². The Morgan fingerprint density at radius 2 is 2.33 bits per heavy atom. The van der Waals surface area contributed by atoms with Crippen LogP contribution in [-0.2, 0) is 0 Å². The Morgan fingerprint density at radius 3 is 2.94 bits per heavy atom. The molecule has 5 heteroatoms. The predicted molar refractivity (Wildman–Crippen MR) is 69.0 cm³/mol. The van der Waals surface area contributed by atoms with Gasteiger partial charge in [0.05, 0.1) is 11.0 Å². The van der Waals surface area contributed by atoms with Gasteiger partial charge in [-0.1, -0.05) is 25.5 Å². The molecule has 1 aromatic rings. The summed E-state index contributed by atoms with van der Waals surface area (Å²) < 4.78 is 0. The summed E-state index contributed by atoms with van der Waals surface area (Å²) in [5, 5.41) is 22.5. The van der Waals surface area contributed by atoms with Crippen LogP contribution in [0.3, 0.4) is 0 Å². The number of nitrogens with zero attached hydrogens (tertiary/aromatic N) is 2. The van der Waals surface area contributed by atoms with Crippen molar-refractivity contribution in [2.24, 2.45) is 0 Å². The molecule has 1 N–H and O–H groups in total. The summed E-state index contributed by atoms with van der Waals surface area (Å²) in [5.74, 6) is 0. The molecule has 0 aliphatic heterocycles. The van der Waals surface area contributed by atoms with Gasteiger partial charge in [0.2, 0.25) is 0 Å². The largest absolute Gasteiger partial charge is 0.309 e. The van der Waals surface area contributed by atoms with E-state index in [2.05, 4.69) is 18.3 Å². The van der Waals surface area contributed by atoms with Crippen molar-refractivity contribution in [2.45, 2.75) is 32.2 Å². The molecule has 1 rings (SSSR count). The van der Waals surface area contributed by atoms with Crippen molar-refractivity contribution in [1.82, 2.24) is 5.32 Å². The van der Waals surface area contributed by atoms with Gasteiger partial charge in [-0.05, 0) is 12.0 Å². The van der Waals surface area contributed by atoms with Gasteiger partial charge < -0.3 is 5.32 Å². The topological polar surface area (TPSA) is 79.0 Å². The van der Waals surface area contributed by atoms with Crippen molar-refractivity contribution in [2.75, 3.05) is 6.54 Å². The summed E-state index contributed by atoms with van der Waals surface area (Å²) in [5.41, 5.74) is 1.01. The first-order chi connectivity index (χ1) is 8.69. The van der Waals surface area contributed by atoms with Gasteiger partial charge in [-0.3, -0.25) is 10.1 Å². The molecule has 0 saturated heterocycles. The lowest BCUT2D eigenvalue weighted by molar-refractivity contribution is -0.384. The Morgan fingerprint density at radius 1 is 1.56 bits per heavy atom. The Labute approximate surface area is 107 Å². The lowest BCUT2D eigenvalue weighted by Crippen LogP contribution is -2.22. The second-order valence-electron chi connectivity index (χ2n) is 4.06. The van der Waals surface area contributed by atoms with Crippen LogP contribution < -0.4 is 5.32 Å². The van der Waals surface area contributed by atoms with E-state index in [1.54, 1.807) is 12.1 Å². The third kappa shape index (κ3) is 4.15. The monoisotopic (exact) mass is 247 g/mol. The molecule has 96 valence electrons. The molecule has 18 heavy (non-hydrogen) atoms. The van der Waals surface area contributed by atoms with Crippen LogP contribution in [0.25, 0.3) is 0 Å². The number of benzene rings is 1. The summed E-state index contributed by atoms with van der Waals surface area (Å²) in [6, 6.07) is 8.81. The number of hydrogen-bond donors (Lipinski definition) is 1. The fraction of sp³-hybridized carbons (Fsp3) is 0.462. The molecular formula is C13H17N3O2. The molecule has 5 nitrogen and oxygen atoms in total. The SMILES string of the molecule is CCCC(NCCC#N)c1cccc([N+](=O)[O-])c1. The molecule has 0 heterocycles. The number of nitro benzene ring substituents is 1. The van der Waals surface area contributed by atoms with Crippen LogP contribution in [0.15, 0.2) is 24.3 Å². The number of rotatable bonds is 7. The summed E-state index contributed by atoms with van der Waals surface area (Å²) >= 11 is 0. The van der Waals surface area contributed by atoms with Crippen molar-refractivity contribution in [3.8, 4) is 6.07 Å². The summed E-state index contributed by atoms with van der Waals surface area (Å²) in [4.78, 5) is 10.3. The van der Waals surface area contributed by atoms with Crippen LogP contribution in [0, 0.1) is 21.4 Å². The van der Waals surface area contributed by atoms with Gasteiger partial charge in [-0.15, -0.1) is 0 Å². The fourth-order valence-electron chi connectivity index (χ4n) is 1.83. The van der Waals surface area contributed by atoms with Crippen LogP contribution in [-0.4, -0.2) is 11.5 Å². The second-order valence-corrected chi connectivity index (χ2v) is 4.06. The molecule has 0 aliphatic rings. The van der Waals surface area contributed by atoms with Gasteiger partial charge in [0.1, 0.15) is 0 Å². The van der Waals surface area contributed by atoms with Crippen LogP contribution >= 0.6 is 0 Å². The lowest BCUT2D eigenvalue weighted by Gasteiger charge is -2.17. The maximum atomic E-state index is 10.7. The van der Waals surface area contributed by atoms with Gasteiger partial charge in [0.25, 0.3) is 5.69 Å². The van der Waals surface area contributed by atoms with Crippen molar-refractivity contribution in [3.63, 3.8) is 0 Å². The number of nitriles is 1. The van der Waals surface area contributed by atoms with E-state index in [1.165, 1.54) is 6.07 Å². The average molecular weight is 247 g/mol. The minimum Gasteiger partial charge on any atom is -0.309 e. The normalized spacial score (nSPS) is 11.8. The van der Waals surface area contributed by atoms with E-state index in [0.717, 1.165) is 18.4 Å². The average Bonchev–Trinajstić information content (AvgIpc) is 2.38. The highest BCUT2D eigenvalue weighted by molar-refractivity contribution is 5.35. The number of non-ortho nitro benzene ring substituents is 1. The third-order valence-electron chi connectivity index (χ3n) is 2.69. The molecule has 0 fully saturated rings. The molecule has 0 radical (unpaired) electrons. The zero-order valence-corrected chi connectivity index (χ0v) is 10.4. The van der Waals surface area contributed by atoms with Gasteiger partial charge in [0, 0.05) is 31.1 Å². The van der Waals surface area contributed by atoms with E-state index in [9.17, 15) is 10.1 Å². The van der Waals surface area contributed by atoms with Gasteiger partial charge in [-0.2, -0.15) is 5.26 Å². The standard InChI is InChI=1S/C13H17N3O2/c1-2-5-13(15-9-4-8-14)11-6-3-7-12(10-11)16(17)18/h3,6-7,10,13,15H,2,4-5,9H2,1H3. The molecule has 0 bridgehead atoms. The lowest BCUT2D eigenvalue weighted by atomic mass is 10.0. The van der Waals surface area contributed by atoms with Crippen molar-refractivity contribution in [1.29, 1.82) is 5.26 Å². The minimum absolute atomic E-state index is 0.0725. The Kier molecular flexibility index (Phi) is 5.81. The predicted octanol–water partition coefficient (Wildman–Crippen LogP) is 2.94. The molecule has 0 saturated carbocycles. The van der Waals surface area contributed by atoms with E-state index >= 15 is 0 Å². The summed E-state index contributed by atoms with van der Waals surface area (Å²) in [6.07, 6.45) is 2.31. The van der Waals surface area contributed by atoms with E-state index in [0.29, 0.717) is 13.0 Å². The zero-order chi connectivity index (χ0) is 13.4. The Hall–Kier alpha value is -1.93. The molecule has 0 aliphatic carbocycles. The molecule has 1 unspecified atom stereocenters. The smallest absolute Gasteiger partial charge is 0.269 e. The molecule has 0 amide bonds. The molecule has 0 aromatic heterocycles. The highest BCUT2D eigenvalue weighted by Crippen LogP contribution is 2.22. The fourth-order valence-corrected chi connectivity index (χ4v) is 1.83. The molecular weight excluding hydrogens is 230 g/mol. The number of nitro groups is 1. The van der Waals surface area contributed by atoms with Gasteiger partial charge >= 0.3 is 0 Å². The first-order valence-electron chi connectivity index (χ1n) is 6.03. The molecule has 1 aromatic carbocycles. The zero-order valence-electron chi connectivity index (χ0n) is 10.4. The van der Waals surface area contributed by atoms with E-state index in [4.69, 9.17) is 5.26 Å². The quantitative estimate of drug-likeness (QED) is 0.456. The first kappa shape index (κ1) is 14.1. The van der Waals surface area contributed by atoms with Crippen LogP contribution in [0.5, 0.6) is 0 Å². The van der Waals surface area contributed by atoms with Crippen molar-refractivity contribution in [3.05, 3.63) is 39.9 Å². The maximum absolute atomic E-state index is 10.7. The number of nitrogens with one attached hydrogen (secondary N) is 1. The first-order valence-corrected chi connectivity index (χ1v) is 6.03. The second kappa shape index (κ2) is 7.41. The van der Waals surface area contributed by atoms with Crippen LogP contribution in [0.4, 0.5) is 5.69 Å². The van der Waals surface area contributed by atoms with Gasteiger partial charge in [0.15, 0.2) is 0 Å². The van der Waals surface area contributed by atoms with E-state index < -0.39 is 0 Å². The molecule has 0 spiro atoms. The van der Waals surface area contributed by atoms with Gasteiger partial charge in [-0.25, -0.2) is 0 Å². The molecule has 1 atom stereocenters. The van der Waals surface area contributed by atoms with Crippen LogP contribution in [0.2, 0.25) is 0 Å². The minimum atomic E-state index is -0.387. The van der Waals surface area contributed by atoms with E-state index in [-0.39, 0.29) is 16.7 Å². The summed E-state index contributed by atoms with van der Waals surface area (Å²) in [7, 11) is 0. The Bertz CT molecular complexity index is 440. The van der Waals surface area contributed by atoms with Crippen molar-refractivity contribution >= 4 is 5.69 Å². The Balaban J connectivity index is 2.81. The summed E-state index contributed by atoms with van der Waals surface area (Å²) in [6.45, 7) is 2.67. The highest BCUT2D eigenvalue weighted by atomic mass is 16.6. The third-order valence-corrected chi connectivity index (χ3v) is 2.69. The number of hydrogen-bond acceptors (Lipinski definition) is 4.